The summed E-state index contributed by atoms with van der Waals surface area (Å²) in [5, 5.41) is 8.69. The molecule has 104 valence electrons. The Bertz CT molecular complexity index is 564. The van der Waals surface area contributed by atoms with Gasteiger partial charge in [0.15, 0.2) is 0 Å². The number of carbonyl (C=O) groups is 1. The molecule has 1 amide bonds. The number of amides is 1. The monoisotopic (exact) mass is 272 g/mol. The van der Waals surface area contributed by atoms with E-state index in [2.05, 4.69) is 16.8 Å². The minimum Gasteiger partial charge on any atom is -0.384 e. The fraction of sp³-hybridized carbons (Fsp3) is 0.467. The van der Waals surface area contributed by atoms with Crippen LogP contribution >= 0.6 is 0 Å². The molecule has 2 aliphatic heterocycles. The Morgan fingerprint density at radius 1 is 1.40 bits per heavy atom. The number of pyridine rings is 1. The van der Waals surface area contributed by atoms with Crippen LogP contribution in [0.25, 0.3) is 0 Å². The van der Waals surface area contributed by atoms with Crippen molar-refractivity contribution in [2.24, 2.45) is 0 Å². The highest BCUT2D eigenvalue weighted by atomic mass is 16.5. The summed E-state index contributed by atoms with van der Waals surface area (Å²) in [7, 11) is 0. The first kappa shape index (κ1) is 13.1. The second-order valence-corrected chi connectivity index (χ2v) is 5.09. The maximum Gasteiger partial charge on any atom is 0.255 e. The van der Waals surface area contributed by atoms with Gasteiger partial charge in [-0.05, 0) is 18.9 Å². The predicted molar refractivity (Wildman–Crippen MR) is 72.0 cm³/mol. The molecule has 2 fully saturated rings. The van der Waals surface area contributed by atoms with E-state index in [1.807, 2.05) is 4.90 Å². The molecule has 2 bridgehead atoms. The van der Waals surface area contributed by atoms with Crippen molar-refractivity contribution < 1.29 is 14.6 Å². The quantitative estimate of drug-likeness (QED) is 0.753. The van der Waals surface area contributed by atoms with Crippen LogP contribution in [0.5, 0.6) is 0 Å². The average Bonchev–Trinajstić information content (AvgIpc) is 2.83. The molecule has 0 radical (unpaired) electrons. The van der Waals surface area contributed by atoms with Crippen LogP contribution in [0.15, 0.2) is 18.5 Å². The zero-order valence-electron chi connectivity index (χ0n) is 11.1. The van der Waals surface area contributed by atoms with Crippen LogP contribution in [-0.4, -0.2) is 52.8 Å². The zero-order valence-corrected chi connectivity index (χ0v) is 11.1. The normalized spacial score (nSPS) is 24.1. The molecule has 2 aliphatic rings. The molecule has 1 N–H and O–H groups in total. The van der Waals surface area contributed by atoms with E-state index in [1.165, 1.54) is 0 Å². The maximum absolute atomic E-state index is 12.5. The van der Waals surface area contributed by atoms with Crippen LogP contribution in [0.4, 0.5) is 0 Å². The molecule has 1 aromatic heterocycles. The number of nitrogens with zero attached hydrogens (tertiary/aromatic N) is 2. The van der Waals surface area contributed by atoms with Gasteiger partial charge in [-0.25, -0.2) is 0 Å². The van der Waals surface area contributed by atoms with E-state index in [-0.39, 0.29) is 24.7 Å². The lowest BCUT2D eigenvalue weighted by Crippen LogP contribution is -2.45. The molecule has 3 rings (SSSR count). The number of hydrogen-bond acceptors (Lipinski definition) is 4. The summed E-state index contributed by atoms with van der Waals surface area (Å²) in [5.74, 6) is 5.30. The van der Waals surface area contributed by atoms with E-state index in [4.69, 9.17) is 9.84 Å². The van der Waals surface area contributed by atoms with Gasteiger partial charge >= 0.3 is 0 Å². The molecule has 1 aromatic rings. The third-order valence-corrected chi connectivity index (χ3v) is 3.63. The predicted octanol–water partition coefficient (Wildman–Crippen LogP) is 0.429. The summed E-state index contributed by atoms with van der Waals surface area (Å²) in [6.45, 7) is 1.11. The van der Waals surface area contributed by atoms with Crippen molar-refractivity contribution in [3.05, 3.63) is 29.6 Å². The number of aliphatic hydroxyl groups is 1. The summed E-state index contributed by atoms with van der Waals surface area (Å²) in [5.41, 5.74) is 1.18. The van der Waals surface area contributed by atoms with Gasteiger partial charge in [0.25, 0.3) is 5.91 Å². The number of morpholine rings is 1. The number of hydrogen-bond donors (Lipinski definition) is 1. The van der Waals surface area contributed by atoms with Gasteiger partial charge in [0, 0.05) is 31.0 Å². The molecule has 20 heavy (non-hydrogen) atoms. The van der Waals surface area contributed by atoms with Crippen LogP contribution < -0.4 is 0 Å². The second kappa shape index (κ2) is 5.61. The van der Waals surface area contributed by atoms with Gasteiger partial charge < -0.3 is 14.7 Å². The lowest BCUT2D eigenvalue weighted by molar-refractivity contribution is -0.0303. The zero-order chi connectivity index (χ0) is 13.9. The van der Waals surface area contributed by atoms with Crippen LogP contribution in [0, 0.1) is 11.8 Å². The van der Waals surface area contributed by atoms with Gasteiger partial charge in [0.1, 0.15) is 6.61 Å². The number of aromatic nitrogens is 1. The van der Waals surface area contributed by atoms with Crippen molar-refractivity contribution in [2.75, 3.05) is 19.7 Å². The molecule has 3 heterocycles. The van der Waals surface area contributed by atoms with Crippen molar-refractivity contribution in [1.29, 1.82) is 0 Å². The Hall–Kier alpha value is -1.90. The summed E-state index contributed by atoms with van der Waals surface area (Å²) in [4.78, 5) is 18.4. The number of carbonyl (C=O) groups excluding carboxylic acids is 1. The lowest BCUT2D eigenvalue weighted by atomic mass is 10.1. The topological polar surface area (TPSA) is 62.7 Å². The first-order chi connectivity index (χ1) is 9.76. The van der Waals surface area contributed by atoms with Gasteiger partial charge in [-0.15, -0.1) is 0 Å². The van der Waals surface area contributed by atoms with Gasteiger partial charge in [-0.3, -0.25) is 9.78 Å². The van der Waals surface area contributed by atoms with E-state index in [1.54, 1.807) is 18.5 Å². The summed E-state index contributed by atoms with van der Waals surface area (Å²) < 4.78 is 5.73. The molecule has 5 nitrogen and oxygen atoms in total. The van der Waals surface area contributed by atoms with E-state index in [0.717, 1.165) is 12.8 Å². The average molecular weight is 272 g/mol. The summed E-state index contributed by atoms with van der Waals surface area (Å²) >= 11 is 0. The minimum atomic E-state index is -0.203. The van der Waals surface area contributed by atoms with E-state index in [0.29, 0.717) is 24.2 Å². The fourth-order valence-corrected chi connectivity index (χ4v) is 2.73. The largest absolute Gasteiger partial charge is 0.384 e. The van der Waals surface area contributed by atoms with Gasteiger partial charge in [-0.2, -0.15) is 0 Å². The highest BCUT2D eigenvalue weighted by Crippen LogP contribution is 2.27. The van der Waals surface area contributed by atoms with Gasteiger partial charge in [-0.1, -0.05) is 11.8 Å². The SMILES string of the molecule is O=C(c1cncc(C#CCO)c1)N1CC2CCC(C1)O2. The minimum absolute atomic E-state index is 0.0228. The van der Waals surface area contributed by atoms with Gasteiger partial charge in [0.2, 0.25) is 0 Å². The number of rotatable bonds is 1. The molecule has 0 aliphatic carbocycles. The van der Waals surface area contributed by atoms with Crippen LogP contribution in [-0.2, 0) is 4.74 Å². The Labute approximate surface area is 117 Å². The summed E-state index contributed by atoms with van der Waals surface area (Å²) in [6.07, 6.45) is 5.58. The number of aliphatic hydroxyl groups excluding tert-OH is 1. The number of likely N-dealkylation sites (tertiary alicyclic amines) is 1. The molecular weight excluding hydrogens is 256 g/mol. The molecule has 2 atom stereocenters. The van der Waals surface area contributed by atoms with E-state index >= 15 is 0 Å². The fourth-order valence-electron chi connectivity index (χ4n) is 2.73. The Morgan fingerprint density at radius 3 is 2.85 bits per heavy atom. The highest BCUT2D eigenvalue weighted by Gasteiger charge is 2.35. The third-order valence-electron chi connectivity index (χ3n) is 3.63. The lowest BCUT2D eigenvalue weighted by Gasteiger charge is -2.32. The molecule has 2 unspecified atom stereocenters. The van der Waals surface area contributed by atoms with Crippen LogP contribution in [0.2, 0.25) is 0 Å². The molecule has 0 spiro atoms. The Kier molecular flexibility index (Phi) is 3.68. The van der Waals surface area contributed by atoms with Crippen molar-refractivity contribution in [2.45, 2.75) is 25.0 Å². The third kappa shape index (κ3) is 2.67. The summed E-state index contributed by atoms with van der Waals surface area (Å²) in [6, 6.07) is 1.72. The molecule has 0 saturated carbocycles. The Balaban J connectivity index is 1.76. The van der Waals surface area contributed by atoms with Crippen molar-refractivity contribution in [3.63, 3.8) is 0 Å². The van der Waals surface area contributed by atoms with E-state index < -0.39 is 0 Å². The van der Waals surface area contributed by atoms with Crippen molar-refractivity contribution >= 4 is 5.91 Å². The van der Waals surface area contributed by atoms with Crippen LogP contribution in [0.1, 0.15) is 28.8 Å². The molecule has 0 aromatic carbocycles. The van der Waals surface area contributed by atoms with Gasteiger partial charge in [0.05, 0.1) is 17.8 Å². The van der Waals surface area contributed by atoms with Crippen molar-refractivity contribution in [3.8, 4) is 11.8 Å². The number of fused-ring (bicyclic) bond motifs is 2. The standard InChI is InChI=1S/C15H16N2O3/c18-5-1-2-11-6-12(8-16-7-11)15(19)17-9-13-3-4-14(10-17)20-13/h6-8,13-14,18H,3-5,9-10H2. The number of ether oxygens (including phenoxy) is 1. The molecule has 2 saturated heterocycles. The molecule has 5 heteroatoms. The first-order valence-electron chi connectivity index (χ1n) is 6.76. The highest BCUT2D eigenvalue weighted by molar-refractivity contribution is 5.94. The first-order valence-corrected chi connectivity index (χ1v) is 6.76. The smallest absolute Gasteiger partial charge is 0.255 e. The van der Waals surface area contributed by atoms with Crippen LogP contribution in [0.3, 0.4) is 0 Å². The Morgan fingerprint density at radius 2 is 2.15 bits per heavy atom. The second-order valence-electron chi connectivity index (χ2n) is 5.09. The van der Waals surface area contributed by atoms with Crippen molar-refractivity contribution in [1.82, 2.24) is 9.88 Å². The maximum atomic E-state index is 12.5. The molecular formula is C15H16N2O3. The van der Waals surface area contributed by atoms with E-state index in [9.17, 15) is 4.79 Å².